The van der Waals surface area contributed by atoms with Crippen molar-refractivity contribution in [3.8, 4) is 6.07 Å². The van der Waals surface area contributed by atoms with Gasteiger partial charge in [-0.2, -0.15) is 5.26 Å². The largest absolute Gasteiger partial charge is 0.440 e. The number of nitriles is 1. The molecule has 0 radical (unpaired) electrons. The molecule has 4 rings (SSSR count). The van der Waals surface area contributed by atoms with Gasteiger partial charge in [-0.3, -0.25) is 0 Å². The fraction of sp³-hybridized carbons (Fsp3) is 0.211. The number of hydrogen-bond acceptors (Lipinski definition) is 5. The number of quaternary nitrogens is 1. The summed E-state index contributed by atoms with van der Waals surface area (Å²) in [7, 11) is 2.17. The summed E-state index contributed by atoms with van der Waals surface area (Å²) in [5, 5.41) is 13.8. The molecule has 2 aliphatic heterocycles. The van der Waals surface area contributed by atoms with Crippen molar-refractivity contribution < 1.29 is 9.64 Å². The molecule has 0 saturated heterocycles. The Morgan fingerprint density at radius 1 is 1.28 bits per heavy atom. The van der Waals surface area contributed by atoms with Crippen molar-refractivity contribution in [1.29, 1.82) is 5.26 Å². The number of nitrogens with zero attached hydrogens (tertiary/aromatic N) is 1. The van der Waals surface area contributed by atoms with Crippen LogP contribution in [0.3, 0.4) is 0 Å². The van der Waals surface area contributed by atoms with Gasteiger partial charge in [0.2, 0.25) is 5.88 Å². The van der Waals surface area contributed by atoms with Crippen molar-refractivity contribution in [2.75, 3.05) is 20.1 Å². The van der Waals surface area contributed by atoms with Gasteiger partial charge in [0.1, 0.15) is 30.5 Å². The van der Waals surface area contributed by atoms with Gasteiger partial charge in [-0.25, -0.2) is 0 Å². The van der Waals surface area contributed by atoms with Crippen molar-refractivity contribution >= 4 is 28.7 Å². The third kappa shape index (κ3) is 2.91. The van der Waals surface area contributed by atoms with E-state index in [0.29, 0.717) is 5.57 Å². The Morgan fingerprint density at radius 3 is 2.76 bits per heavy atom. The van der Waals surface area contributed by atoms with Crippen molar-refractivity contribution in [1.82, 2.24) is 0 Å². The topological polar surface area (TPSA) is 63.5 Å². The van der Waals surface area contributed by atoms with Gasteiger partial charge < -0.3 is 15.4 Å². The van der Waals surface area contributed by atoms with E-state index in [4.69, 9.17) is 10.5 Å². The van der Waals surface area contributed by atoms with E-state index < -0.39 is 0 Å². The molecule has 2 aromatic rings. The van der Waals surface area contributed by atoms with Gasteiger partial charge in [0.05, 0.1) is 18.5 Å². The van der Waals surface area contributed by atoms with E-state index in [1.165, 1.54) is 9.78 Å². The number of thiophene rings is 2. The Morgan fingerprint density at radius 2 is 2.08 bits per heavy atom. The maximum absolute atomic E-state index is 9.65. The van der Waals surface area contributed by atoms with Gasteiger partial charge in [-0.1, -0.05) is 12.1 Å². The Bertz CT molecular complexity index is 915. The van der Waals surface area contributed by atoms with Crippen molar-refractivity contribution in [2.24, 2.45) is 5.73 Å². The minimum Gasteiger partial charge on any atom is -0.440 e. The maximum atomic E-state index is 9.65. The zero-order chi connectivity index (χ0) is 17.4. The van der Waals surface area contributed by atoms with Crippen molar-refractivity contribution in [2.45, 2.75) is 5.92 Å². The van der Waals surface area contributed by atoms with Crippen molar-refractivity contribution in [3.63, 3.8) is 0 Å². The average molecular weight is 369 g/mol. The van der Waals surface area contributed by atoms with Crippen LogP contribution < -0.4 is 10.6 Å². The molecule has 2 aromatic heterocycles. The van der Waals surface area contributed by atoms with Crippen LogP contribution in [-0.2, 0) is 4.74 Å². The van der Waals surface area contributed by atoms with Gasteiger partial charge >= 0.3 is 0 Å². The molecule has 25 heavy (non-hydrogen) atoms. The third-order valence-electron chi connectivity index (χ3n) is 4.49. The van der Waals surface area contributed by atoms with E-state index in [1.807, 2.05) is 17.5 Å². The summed E-state index contributed by atoms with van der Waals surface area (Å²) in [6.45, 7) is 1.72. The molecule has 126 valence electrons. The lowest BCUT2D eigenvalue weighted by Crippen LogP contribution is -3.10. The first-order valence-corrected chi connectivity index (χ1v) is 9.83. The van der Waals surface area contributed by atoms with Gasteiger partial charge in [0, 0.05) is 15.3 Å². The molecule has 0 aliphatic carbocycles. The second kappa shape index (κ2) is 6.52. The van der Waals surface area contributed by atoms with E-state index in [2.05, 4.69) is 36.7 Å². The van der Waals surface area contributed by atoms with E-state index in [9.17, 15) is 5.26 Å². The number of nitrogens with two attached hydrogens (primary N) is 1. The predicted octanol–water partition coefficient (Wildman–Crippen LogP) is 2.48. The number of ether oxygens (including phenoxy) is 1. The van der Waals surface area contributed by atoms with Crippen molar-refractivity contribution in [3.05, 3.63) is 73.1 Å². The van der Waals surface area contributed by atoms with Gasteiger partial charge in [0.15, 0.2) is 0 Å². The summed E-state index contributed by atoms with van der Waals surface area (Å²) in [6, 6.07) is 10.5. The minimum atomic E-state index is -0.101. The molecule has 0 fully saturated rings. The third-order valence-corrected chi connectivity index (χ3v) is 6.25. The predicted molar refractivity (Wildman–Crippen MR) is 101 cm³/mol. The standard InChI is InChI=1S/C19H17N3OS2/c1-22-10-12(8-13-4-2-6-24-13)18-15(11-22)17(16-5-3-7-25-16)14(9-20)19(21)23-18/h2-8,17H,10-11,21H2,1H3/p+1/b12-8-/t17-/m0/s1. The van der Waals surface area contributed by atoms with E-state index in [0.717, 1.165) is 34.9 Å². The lowest BCUT2D eigenvalue weighted by atomic mass is 9.84. The highest BCUT2D eigenvalue weighted by molar-refractivity contribution is 7.10. The summed E-state index contributed by atoms with van der Waals surface area (Å²) in [5.74, 6) is 0.987. The molecular formula is C19H18N3OS2+. The summed E-state index contributed by atoms with van der Waals surface area (Å²) in [6.07, 6.45) is 2.18. The van der Waals surface area contributed by atoms with E-state index >= 15 is 0 Å². The molecular weight excluding hydrogens is 350 g/mol. The summed E-state index contributed by atoms with van der Waals surface area (Å²) in [5.41, 5.74) is 8.95. The Hall–Kier alpha value is -2.33. The lowest BCUT2D eigenvalue weighted by molar-refractivity contribution is -0.871. The molecule has 0 aromatic carbocycles. The Labute approximate surface area is 154 Å². The zero-order valence-electron chi connectivity index (χ0n) is 13.8. The molecule has 0 saturated carbocycles. The van der Waals surface area contributed by atoms with Gasteiger partial charge in [0.25, 0.3) is 0 Å². The Balaban J connectivity index is 1.87. The monoisotopic (exact) mass is 368 g/mol. The van der Waals surface area contributed by atoms with Crippen LogP contribution in [0.5, 0.6) is 0 Å². The SMILES string of the molecule is C[NH+]1CC2=C(OC(N)=C(C#N)[C@@H]2c2cccs2)/C(=C\c2cccs2)C1. The summed E-state index contributed by atoms with van der Waals surface area (Å²) < 4.78 is 5.97. The van der Waals surface area contributed by atoms with E-state index in [1.54, 1.807) is 22.7 Å². The first kappa shape index (κ1) is 16.2. The fourth-order valence-electron chi connectivity index (χ4n) is 3.48. The second-order valence-corrected chi connectivity index (χ2v) is 8.25. The zero-order valence-corrected chi connectivity index (χ0v) is 15.4. The fourth-order valence-corrected chi connectivity index (χ4v) is 5.03. The van der Waals surface area contributed by atoms with Crippen LogP contribution in [0.25, 0.3) is 6.08 Å². The normalized spacial score (nSPS) is 24.9. The minimum absolute atomic E-state index is 0.101. The molecule has 0 amide bonds. The van der Waals surface area contributed by atoms with Gasteiger partial charge in [-0.05, 0) is 29.0 Å². The highest BCUT2D eigenvalue weighted by Crippen LogP contribution is 2.42. The second-order valence-electron chi connectivity index (χ2n) is 6.29. The van der Waals surface area contributed by atoms with Crippen LogP contribution in [-0.4, -0.2) is 20.1 Å². The number of allylic oxidation sites excluding steroid dienone is 1. The smallest absolute Gasteiger partial charge is 0.205 e. The molecule has 2 atom stereocenters. The first-order chi connectivity index (χ1) is 12.2. The average Bonchev–Trinajstić information content (AvgIpc) is 3.28. The lowest BCUT2D eigenvalue weighted by Gasteiger charge is -2.34. The van der Waals surface area contributed by atoms with Crippen LogP contribution in [0, 0.1) is 11.3 Å². The molecule has 0 spiro atoms. The van der Waals surface area contributed by atoms with Crippen LogP contribution in [0.1, 0.15) is 15.7 Å². The van der Waals surface area contributed by atoms with Gasteiger partial charge in [-0.15, -0.1) is 22.7 Å². The highest BCUT2D eigenvalue weighted by Gasteiger charge is 2.39. The number of likely N-dealkylation sites (N-methyl/N-ethyl adjacent to an activating group) is 1. The molecule has 2 aliphatic rings. The van der Waals surface area contributed by atoms with Crippen LogP contribution in [0.4, 0.5) is 0 Å². The van der Waals surface area contributed by atoms with E-state index in [-0.39, 0.29) is 11.8 Å². The number of rotatable bonds is 2. The number of nitrogens with one attached hydrogen (secondary N) is 1. The van der Waals surface area contributed by atoms with Crippen LogP contribution >= 0.6 is 22.7 Å². The summed E-state index contributed by atoms with van der Waals surface area (Å²) >= 11 is 3.36. The van der Waals surface area contributed by atoms with Crippen LogP contribution in [0.15, 0.2) is 63.4 Å². The molecule has 4 nitrogen and oxygen atoms in total. The molecule has 3 N–H and O–H groups in total. The highest BCUT2D eigenvalue weighted by atomic mass is 32.1. The molecule has 4 heterocycles. The molecule has 0 bridgehead atoms. The summed E-state index contributed by atoms with van der Waals surface area (Å²) in [4.78, 5) is 3.71. The number of hydrogen-bond donors (Lipinski definition) is 2. The maximum Gasteiger partial charge on any atom is 0.205 e. The van der Waals surface area contributed by atoms with Crippen LogP contribution in [0.2, 0.25) is 0 Å². The Kier molecular flexibility index (Phi) is 4.22. The first-order valence-electron chi connectivity index (χ1n) is 8.07. The quantitative estimate of drug-likeness (QED) is 0.856. The molecule has 1 unspecified atom stereocenters. The molecule has 6 heteroatoms.